The van der Waals surface area contributed by atoms with Crippen molar-refractivity contribution in [3.05, 3.63) is 176 Å². The molecule has 2 heteroatoms. The molecule has 0 aliphatic carbocycles. The lowest BCUT2D eigenvalue weighted by Crippen LogP contribution is -2.09. The number of thiophene rings is 1. The first-order valence-electron chi connectivity index (χ1n) is 16.4. The first-order valence-corrected chi connectivity index (χ1v) is 17.2. The van der Waals surface area contributed by atoms with Gasteiger partial charge in [0.2, 0.25) is 0 Å². The predicted molar refractivity (Wildman–Crippen MR) is 209 cm³/mol. The largest absolute Gasteiger partial charge is 0.310 e. The number of nitrogens with zero attached hydrogens (tertiary/aromatic N) is 1. The lowest BCUT2D eigenvalue weighted by atomic mass is 9.96. The topological polar surface area (TPSA) is 3.24 Å². The third kappa shape index (κ3) is 4.31. The Morgan fingerprint density at radius 2 is 0.854 bits per heavy atom. The molecule has 10 aromatic rings. The van der Waals surface area contributed by atoms with Crippen LogP contribution in [0.4, 0.5) is 17.1 Å². The SMILES string of the molecule is c1ccc2c(-c3ccc(N(c4ccc5ccc6c7ccccc7ccc6c5c4)c4ccc5sc6ccccc6c5c4)cc3)cccc2c1. The van der Waals surface area contributed by atoms with Crippen LogP contribution in [0, 0.1) is 0 Å². The maximum Gasteiger partial charge on any atom is 0.0468 e. The number of hydrogen-bond donors (Lipinski definition) is 0. The van der Waals surface area contributed by atoms with E-state index >= 15 is 0 Å². The van der Waals surface area contributed by atoms with Crippen LogP contribution in [0.15, 0.2) is 176 Å². The Kier molecular flexibility index (Phi) is 6.12. The lowest BCUT2D eigenvalue weighted by Gasteiger charge is -2.26. The summed E-state index contributed by atoms with van der Waals surface area (Å²) in [5.74, 6) is 0. The van der Waals surface area contributed by atoms with E-state index in [-0.39, 0.29) is 0 Å². The predicted octanol–water partition coefficient (Wildman–Crippen LogP) is 13.8. The highest BCUT2D eigenvalue weighted by Crippen LogP contribution is 2.43. The van der Waals surface area contributed by atoms with Gasteiger partial charge in [-0.1, -0.05) is 127 Å². The van der Waals surface area contributed by atoms with Crippen molar-refractivity contribution in [3.63, 3.8) is 0 Å². The van der Waals surface area contributed by atoms with Crippen LogP contribution in [0.1, 0.15) is 0 Å². The second-order valence-corrected chi connectivity index (χ2v) is 13.6. The summed E-state index contributed by atoms with van der Waals surface area (Å²) in [5, 5.41) is 12.8. The summed E-state index contributed by atoms with van der Waals surface area (Å²) in [6, 6.07) is 64.6. The second kappa shape index (κ2) is 10.8. The molecular formula is C46H29NS. The summed E-state index contributed by atoms with van der Waals surface area (Å²) in [7, 11) is 0. The van der Waals surface area contributed by atoms with Gasteiger partial charge in [0.15, 0.2) is 0 Å². The Balaban J connectivity index is 1.18. The van der Waals surface area contributed by atoms with Crippen LogP contribution in [0.25, 0.3) is 74.4 Å². The third-order valence-electron chi connectivity index (χ3n) is 9.83. The highest BCUT2D eigenvalue weighted by atomic mass is 32.1. The van der Waals surface area contributed by atoms with Gasteiger partial charge in [-0.15, -0.1) is 11.3 Å². The Bertz CT molecular complexity index is 2840. The first-order chi connectivity index (χ1) is 23.8. The van der Waals surface area contributed by atoms with Crippen molar-refractivity contribution in [2.24, 2.45) is 0 Å². The molecule has 0 unspecified atom stereocenters. The summed E-state index contributed by atoms with van der Waals surface area (Å²) >= 11 is 1.86. The molecule has 0 aliphatic heterocycles. The fourth-order valence-electron chi connectivity index (χ4n) is 7.51. The molecule has 0 bridgehead atoms. The van der Waals surface area contributed by atoms with Crippen LogP contribution in [0.5, 0.6) is 0 Å². The maximum absolute atomic E-state index is 2.41. The fourth-order valence-corrected chi connectivity index (χ4v) is 8.60. The average Bonchev–Trinajstić information content (AvgIpc) is 3.53. The second-order valence-electron chi connectivity index (χ2n) is 12.5. The lowest BCUT2D eigenvalue weighted by molar-refractivity contribution is 1.30. The monoisotopic (exact) mass is 627 g/mol. The van der Waals surface area contributed by atoms with Gasteiger partial charge in [-0.25, -0.2) is 0 Å². The van der Waals surface area contributed by atoms with E-state index in [2.05, 4.69) is 181 Å². The molecule has 0 fully saturated rings. The van der Waals surface area contributed by atoms with Gasteiger partial charge in [0, 0.05) is 37.2 Å². The number of fused-ring (bicyclic) bond motifs is 9. The molecule has 1 nitrogen and oxygen atoms in total. The molecule has 0 saturated heterocycles. The Labute approximate surface area is 282 Å². The molecule has 9 aromatic carbocycles. The van der Waals surface area contributed by atoms with Crippen LogP contribution in [0.2, 0.25) is 0 Å². The summed E-state index contributed by atoms with van der Waals surface area (Å²) in [6.07, 6.45) is 0. The van der Waals surface area contributed by atoms with Crippen LogP contribution < -0.4 is 4.90 Å². The zero-order valence-corrected chi connectivity index (χ0v) is 26.9. The number of anilines is 3. The summed E-state index contributed by atoms with van der Waals surface area (Å²) in [5.41, 5.74) is 5.88. The van der Waals surface area contributed by atoms with Crippen molar-refractivity contribution in [1.82, 2.24) is 0 Å². The quantitative estimate of drug-likeness (QED) is 0.176. The molecule has 0 N–H and O–H groups in total. The Hall–Kier alpha value is -5.96. The third-order valence-corrected chi connectivity index (χ3v) is 11.0. The Morgan fingerprint density at radius 1 is 0.312 bits per heavy atom. The van der Waals surface area contributed by atoms with E-state index in [1.54, 1.807) is 0 Å². The summed E-state index contributed by atoms with van der Waals surface area (Å²) in [4.78, 5) is 2.41. The van der Waals surface area contributed by atoms with Gasteiger partial charge in [-0.2, -0.15) is 0 Å². The van der Waals surface area contributed by atoms with Crippen molar-refractivity contribution in [2.75, 3.05) is 4.90 Å². The van der Waals surface area contributed by atoms with E-state index in [0.717, 1.165) is 17.1 Å². The molecule has 0 amide bonds. The van der Waals surface area contributed by atoms with Gasteiger partial charge in [0.25, 0.3) is 0 Å². The zero-order chi connectivity index (χ0) is 31.6. The van der Waals surface area contributed by atoms with Crippen LogP contribution in [0.3, 0.4) is 0 Å². The van der Waals surface area contributed by atoms with Crippen LogP contribution in [-0.4, -0.2) is 0 Å². The van der Waals surface area contributed by atoms with E-state index in [1.807, 2.05) is 11.3 Å². The van der Waals surface area contributed by atoms with Gasteiger partial charge in [-0.3, -0.25) is 0 Å². The smallest absolute Gasteiger partial charge is 0.0468 e. The van der Waals surface area contributed by atoms with E-state index in [9.17, 15) is 0 Å². The molecule has 0 saturated carbocycles. The molecule has 0 aliphatic rings. The summed E-state index contributed by atoms with van der Waals surface area (Å²) < 4.78 is 2.63. The number of hydrogen-bond acceptors (Lipinski definition) is 2. The minimum Gasteiger partial charge on any atom is -0.310 e. The van der Waals surface area contributed by atoms with Gasteiger partial charge in [-0.05, 0) is 103 Å². The van der Waals surface area contributed by atoms with Crippen molar-refractivity contribution < 1.29 is 0 Å². The van der Waals surface area contributed by atoms with Crippen molar-refractivity contribution in [1.29, 1.82) is 0 Å². The van der Waals surface area contributed by atoms with Gasteiger partial charge >= 0.3 is 0 Å². The van der Waals surface area contributed by atoms with Crippen molar-refractivity contribution in [2.45, 2.75) is 0 Å². The van der Waals surface area contributed by atoms with E-state index in [0.29, 0.717) is 0 Å². The molecule has 48 heavy (non-hydrogen) atoms. The van der Waals surface area contributed by atoms with E-state index in [4.69, 9.17) is 0 Å². The highest BCUT2D eigenvalue weighted by Gasteiger charge is 2.17. The molecule has 1 heterocycles. The molecule has 0 radical (unpaired) electrons. The summed E-state index contributed by atoms with van der Waals surface area (Å²) in [6.45, 7) is 0. The minimum absolute atomic E-state index is 1.13. The first kappa shape index (κ1) is 27.2. The molecule has 10 rings (SSSR count). The maximum atomic E-state index is 2.41. The average molecular weight is 628 g/mol. The fraction of sp³-hybridized carbons (Fsp3) is 0. The molecule has 224 valence electrons. The number of rotatable bonds is 4. The standard InChI is InChI=1S/C46H29NS/c1-3-11-37-30(8-1)10-7-14-38(37)32-16-21-34(22-17-32)47(36-24-27-46-44(29-36)42-13-5-6-15-45(42)48-46)35-23-18-33-20-25-40-39-12-4-2-9-31(39)19-26-41(40)43(33)28-35/h1-29H. The normalized spacial score (nSPS) is 11.8. The molecule has 1 aromatic heterocycles. The molecule has 0 spiro atoms. The number of benzene rings is 9. The molecular weight excluding hydrogens is 599 g/mol. The van der Waals surface area contributed by atoms with Gasteiger partial charge < -0.3 is 4.90 Å². The van der Waals surface area contributed by atoms with Crippen molar-refractivity contribution in [3.8, 4) is 11.1 Å². The van der Waals surface area contributed by atoms with Gasteiger partial charge in [0.1, 0.15) is 0 Å². The van der Waals surface area contributed by atoms with Crippen molar-refractivity contribution >= 4 is 91.7 Å². The Morgan fingerprint density at radius 3 is 1.67 bits per heavy atom. The van der Waals surface area contributed by atoms with E-state index < -0.39 is 0 Å². The van der Waals surface area contributed by atoms with Crippen LogP contribution in [-0.2, 0) is 0 Å². The van der Waals surface area contributed by atoms with Gasteiger partial charge in [0.05, 0.1) is 0 Å². The van der Waals surface area contributed by atoms with Crippen LogP contribution >= 0.6 is 11.3 Å². The van der Waals surface area contributed by atoms with E-state index in [1.165, 1.54) is 74.4 Å². The zero-order valence-electron chi connectivity index (χ0n) is 26.1. The molecule has 0 atom stereocenters. The highest BCUT2D eigenvalue weighted by molar-refractivity contribution is 7.25. The minimum atomic E-state index is 1.13.